The van der Waals surface area contributed by atoms with E-state index in [1.54, 1.807) is 7.11 Å². The average Bonchev–Trinajstić information content (AvgIpc) is 2.28. The SMILES string of the molecule is CO[C@H](C)C1=CC=CC=C[C@H]1C. The fraction of sp³-hybridized carbons (Fsp3) is 0.455. The third-order valence-electron chi connectivity index (χ3n) is 2.26. The Hall–Kier alpha value is -0.820. The zero-order chi connectivity index (χ0) is 8.97. The smallest absolute Gasteiger partial charge is 0.0761 e. The predicted molar refractivity (Wildman–Crippen MR) is 52.0 cm³/mol. The molecule has 0 aromatic heterocycles. The molecule has 0 aromatic rings. The summed E-state index contributed by atoms with van der Waals surface area (Å²) in [5.41, 5.74) is 1.34. The summed E-state index contributed by atoms with van der Waals surface area (Å²) >= 11 is 0. The zero-order valence-electron chi connectivity index (χ0n) is 7.95. The van der Waals surface area contributed by atoms with Crippen molar-refractivity contribution in [1.29, 1.82) is 0 Å². The summed E-state index contributed by atoms with van der Waals surface area (Å²) < 4.78 is 5.28. The van der Waals surface area contributed by atoms with Crippen LogP contribution in [0.25, 0.3) is 0 Å². The highest BCUT2D eigenvalue weighted by Gasteiger charge is 2.12. The van der Waals surface area contributed by atoms with Crippen LogP contribution in [-0.2, 0) is 4.74 Å². The maximum absolute atomic E-state index is 5.28. The van der Waals surface area contributed by atoms with E-state index in [-0.39, 0.29) is 6.10 Å². The molecule has 0 N–H and O–H groups in total. The van der Waals surface area contributed by atoms with Crippen LogP contribution < -0.4 is 0 Å². The van der Waals surface area contributed by atoms with Crippen LogP contribution in [0, 0.1) is 5.92 Å². The predicted octanol–water partition coefficient (Wildman–Crippen LogP) is 2.71. The molecule has 1 nitrogen and oxygen atoms in total. The zero-order valence-corrected chi connectivity index (χ0v) is 7.95. The Kier molecular flexibility index (Phi) is 3.30. The van der Waals surface area contributed by atoms with Crippen LogP contribution in [0.2, 0.25) is 0 Å². The molecule has 12 heavy (non-hydrogen) atoms. The minimum atomic E-state index is 0.215. The van der Waals surface area contributed by atoms with E-state index in [4.69, 9.17) is 4.74 Å². The Morgan fingerprint density at radius 3 is 2.75 bits per heavy atom. The molecule has 0 radical (unpaired) electrons. The van der Waals surface area contributed by atoms with E-state index < -0.39 is 0 Å². The van der Waals surface area contributed by atoms with E-state index in [0.29, 0.717) is 5.92 Å². The minimum absolute atomic E-state index is 0.215. The second-order valence-corrected chi connectivity index (χ2v) is 3.10. The van der Waals surface area contributed by atoms with E-state index in [1.165, 1.54) is 5.57 Å². The van der Waals surface area contributed by atoms with Gasteiger partial charge in [0.1, 0.15) is 0 Å². The quantitative estimate of drug-likeness (QED) is 0.609. The van der Waals surface area contributed by atoms with E-state index in [9.17, 15) is 0 Å². The van der Waals surface area contributed by atoms with Crippen LogP contribution in [0.3, 0.4) is 0 Å². The fourth-order valence-electron chi connectivity index (χ4n) is 1.37. The maximum atomic E-state index is 5.28. The summed E-state index contributed by atoms with van der Waals surface area (Å²) in [4.78, 5) is 0. The number of hydrogen-bond donors (Lipinski definition) is 0. The van der Waals surface area contributed by atoms with Gasteiger partial charge in [-0.15, -0.1) is 0 Å². The second-order valence-electron chi connectivity index (χ2n) is 3.10. The number of hydrogen-bond acceptors (Lipinski definition) is 1. The van der Waals surface area contributed by atoms with Gasteiger partial charge in [0.15, 0.2) is 0 Å². The summed E-state index contributed by atoms with van der Waals surface area (Å²) in [6.07, 6.45) is 10.7. The molecule has 0 aliphatic heterocycles. The largest absolute Gasteiger partial charge is 0.377 e. The number of ether oxygens (including phenoxy) is 1. The number of rotatable bonds is 2. The van der Waals surface area contributed by atoms with E-state index in [1.807, 2.05) is 6.08 Å². The molecule has 1 aliphatic carbocycles. The molecule has 1 rings (SSSR count). The van der Waals surface area contributed by atoms with Crippen LogP contribution in [0.4, 0.5) is 0 Å². The number of allylic oxidation sites excluding steroid dienone is 5. The van der Waals surface area contributed by atoms with Crippen LogP contribution in [0.5, 0.6) is 0 Å². The highest BCUT2D eigenvalue weighted by atomic mass is 16.5. The molecular formula is C11H16O. The van der Waals surface area contributed by atoms with Gasteiger partial charge in [-0.2, -0.15) is 0 Å². The summed E-state index contributed by atoms with van der Waals surface area (Å²) in [5, 5.41) is 0. The van der Waals surface area contributed by atoms with Gasteiger partial charge in [-0.1, -0.05) is 37.3 Å². The Labute approximate surface area is 74.4 Å². The molecule has 1 heteroatoms. The van der Waals surface area contributed by atoms with Crippen LogP contribution in [-0.4, -0.2) is 13.2 Å². The van der Waals surface area contributed by atoms with Crippen molar-refractivity contribution in [2.45, 2.75) is 20.0 Å². The van der Waals surface area contributed by atoms with Crippen molar-refractivity contribution in [1.82, 2.24) is 0 Å². The van der Waals surface area contributed by atoms with Gasteiger partial charge < -0.3 is 4.74 Å². The molecule has 0 spiro atoms. The summed E-state index contributed by atoms with van der Waals surface area (Å²) in [5.74, 6) is 0.481. The van der Waals surface area contributed by atoms with Crippen LogP contribution in [0.1, 0.15) is 13.8 Å². The van der Waals surface area contributed by atoms with Crippen molar-refractivity contribution in [2.24, 2.45) is 5.92 Å². The first-order valence-electron chi connectivity index (χ1n) is 4.33. The molecule has 1 aliphatic rings. The fourth-order valence-corrected chi connectivity index (χ4v) is 1.37. The van der Waals surface area contributed by atoms with Crippen molar-refractivity contribution >= 4 is 0 Å². The van der Waals surface area contributed by atoms with Gasteiger partial charge in [0.25, 0.3) is 0 Å². The molecule has 0 saturated heterocycles. The lowest BCUT2D eigenvalue weighted by Crippen LogP contribution is -2.13. The van der Waals surface area contributed by atoms with Gasteiger partial charge in [-0.25, -0.2) is 0 Å². The first kappa shape index (κ1) is 9.27. The first-order chi connectivity index (χ1) is 5.75. The summed E-state index contributed by atoms with van der Waals surface area (Å²) in [7, 11) is 1.75. The minimum Gasteiger partial charge on any atom is -0.377 e. The standard InChI is InChI=1S/C11H16O/c1-9-7-5-4-6-8-11(9)10(2)12-3/h4-10H,1-3H3/t9-,10-/m1/s1. The van der Waals surface area contributed by atoms with Crippen molar-refractivity contribution in [3.63, 3.8) is 0 Å². The third-order valence-corrected chi connectivity index (χ3v) is 2.26. The van der Waals surface area contributed by atoms with Gasteiger partial charge in [0, 0.05) is 7.11 Å². The van der Waals surface area contributed by atoms with E-state index in [0.717, 1.165) is 0 Å². The van der Waals surface area contributed by atoms with Crippen molar-refractivity contribution in [3.05, 3.63) is 36.0 Å². The highest BCUT2D eigenvalue weighted by Crippen LogP contribution is 2.20. The average molecular weight is 164 g/mol. The lowest BCUT2D eigenvalue weighted by Gasteiger charge is -2.17. The summed E-state index contributed by atoms with van der Waals surface area (Å²) in [6.45, 7) is 4.26. The lowest BCUT2D eigenvalue weighted by molar-refractivity contribution is 0.141. The van der Waals surface area contributed by atoms with Gasteiger partial charge in [0.2, 0.25) is 0 Å². The van der Waals surface area contributed by atoms with Crippen molar-refractivity contribution < 1.29 is 4.74 Å². The van der Waals surface area contributed by atoms with E-state index in [2.05, 4.69) is 38.2 Å². The molecule has 0 heterocycles. The van der Waals surface area contributed by atoms with Gasteiger partial charge in [-0.3, -0.25) is 0 Å². The molecule has 0 fully saturated rings. The number of methoxy groups -OCH3 is 1. The topological polar surface area (TPSA) is 9.23 Å². The van der Waals surface area contributed by atoms with Gasteiger partial charge >= 0.3 is 0 Å². The first-order valence-corrected chi connectivity index (χ1v) is 4.33. The Morgan fingerprint density at radius 1 is 1.33 bits per heavy atom. The van der Waals surface area contributed by atoms with Crippen molar-refractivity contribution in [3.8, 4) is 0 Å². The Morgan fingerprint density at radius 2 is 2.08 bits per heavy atom. The van der Waals surface area contributed by atoms with Gasteiger partial charge in [-0.05, 0) is 18.4 Å². The second kappa shape index (κ2) is 4.27. The summed E-state index contributed by atoms with van der Waals surface area (Å²) in [6, 6.07) is 0. The normalized spacial score (nSPS) is 24.9. The van der Waals surface area contributed by atoms with Crippen molar-refractivity contribution in [2.75, 3.05) is 7.11 Å². The molecular weight excluding hydrogens is 148 g/mol. The Balaban J connectivity index is 2.79. The molecule has 0 amide bonds. The molecule has 0 saturated carbocycles. The molecule has 66 valence electrons. The highest BCUT2D eigenvalue weighted by molar-refractivity contribution is 5.27. The third kappa shape index (κ3) is 2.08. The Bertz CT molecular complexity index is 223. The molecule has 0 unspecified atom stereocenters. The molecule has 0 aromatic carbocycles. The van der Waals surface area contributed by atoms with Crippen LogP contribution in [0.15, 0.2) is 36.0 Å². The molecule has 0 bridgehead atoms. The van der Waals surface area contributed by atoms with Crippen LogP contribution >= 0.6 is 0 Å². The van der Waals surface area contributed by atoms with Gasteiger partial charge in [0.05, 0.1) is 6.10 Å². The van der Waals surface area contributed by atoms with E-state index >= 15 is 0 Å². The maximum Gasteiger partial charge on any atom is 0.0761 e. The monoisotopic (exact) mass is 164 g/mol. The molecule has 2 atom stereocenters. The lowest BCUT2D eigenvalue weighted by atomic mass is 9.97.